The molecule has 0 aliphatic heterocycles. The first-order valence-corrected chi connectivity index (χ1v) is 9.45. The highest BCUT2D eigenvalue weighted by Crippen LogP contribution is 2.44. The second kappa shape index (κ2) is 6.93. The molecule has 0 radical (unpaired) electrons. The molecule has 0 spiro atoms. The van der Waals surface area contributed by atoms with Gasteiger partial charge in [0.15, 0.2) is 0 Å². The van der Waals surface area contributed by atoms with Crippen molar-refractivity contribution in [3.63, 3.8) is 0 Å². The highest BCUT2D eigenvalue weighted by atomic mass is 79.9. The molecule has 0 amide bonds. The number of halogens is 1. The van der Waals surface area contributed by atoms with Gasteiger partial charge in [-0.05, 0) is 84.4 Å². The number of nitrogens with one attached hydrogen (secondary N) is 1. The fraction of sp³-hybridized carbons (Fsp3) is 0.765. The molecule has 1 saturated carbocycles. The molecule has 0 saturated heterocycles. The first-order valence-electron chi connectivity index (χ1n) is 7.77. The molecule has 3 unspecified atom stereocenters. The van der Waals surface area contributed by atoms with Crippen LogP contribution >= 0.6 is 27.3 Å². The first kappa shape index (κ1) is 16.5. The van der Waals surface area contributed by atoms with Crippen LogP contribution in [0.1, 0.15) is 44.9 Å². The molecule has 1 aliphatic carbocycles. The summed E-state index contributed by atoms with van der Waals surface area (Å²) >= 11 is 5.49. The van der Waals surface area contributed by atoms with Crippen LogP contribution in [0, 0.1) is 23.2 Å². The van der Waals surface area contributed by atoms with E-state index in [2.05, 4.69) is 60.5 Å². The van der Waals surface area contributed by atoms with Gasteiger partial charge < -0.3 is 5.32 Å². The molecule has 20 heavy (non-hydrogen) atoms. The molecule has 1 aliphatic rings. The third kappa shape index (κ3) is 4.32. The summed E-state index contributed by atoms with van der Waals surface area (Å²) in [6.07, 6.45) is 5.45. The van der Waals surface area contributed by atoms with Crippen LogP contribution in [0.4, 0.5) is 0 Å². The Morgan fingerprint density at radius 3 is 2.60 bits per heavy atom. The molecule has 1 heterocycles. The highest BCUT2D eigenvalue weighted by molar-refractivity contribution is 9.10. The Kier molecular flexibility index (Phi) is 5.72. The summed E-state index contributed by atoms with van der Waals surface area (Å²) in [7, 11) is 2.09. The van der Waals surface area contributed by atoms with E-state index in [1.54, 1.807) is 0 Å². The maximum atomic E-state index is 3.58. The van der Waals surface area contributed by atoms with Crippen molar-refractivity contribution in [2.24, 2.45) is 23.2 Å². The van der Waals surface area contributed by atoms with Crippen molar-refractivity contribution in [3.8, 4) is 0 Å². The van der Waals surface area contributed by atoms with Crippen LogP contribution < -0.4 is 5.32 Å². The quantitative estimate of drug-likeness (QED) is 0.765. The van der Waals surface area contributed by atoms with Gasteiger partial charge in [-0.1, -0.05) is 20.8 Å². The van der Waals surface area contributed by atoms with Crippen LogP contribution in [-0.4, -0.2) is 13.6 Å². The lowest BCUT2D eigenvalue weighted by Crippen LogP contribution is -2.36. The second-order valence-corrected chi connectivity index (χ2v) is 9.30. The summed E-state index contributed by atoms with van der Waals surface area (Å²) in [6, 6.07) is 2.31. The van der Waals surface area contributed by atoms with Crippen LogP contribution in [0.25, 0.3) is 0 Å². The zero-order valence-corrected chi connectivity index (χ0v) is 15.6. The number of hydrogen-bond acceptors (Lipinski definition) is 2. The van der Waals surface area contributed by atoms with Crippen molar-refractivity contribution < 1.29 is 0 Å². The first-order chi connectivity index (χ1) is 9.40. The molecule has 114 valence electrons. The van der Waals surface area contributed by atoms with Gasteiger partial charge in [-0.25, -0.2) is 0 Å². The molecule has 1 fully saturated rings. The second-order valence-electron chi connectivity index (χ2n) is 7.39. The fourth-order valence-corrected chi connectivity index (χ4v) is 5.16. The summed E-state index contributed by atoms with van der Waals surface area (Å²) in [4.78, 5) is 1.54. The van der Waals surface area contributed by atoms with Crippen molar-refractivity contribution in [3.05, 3.63) is 20.8 Å². The molecular weight excluding hydrogens is 330 g/mol. The van der Waals surface area contributed by atoms with Crippen molar-refractivity contribution >= 4 is 27.3 Å². The van der Waals surface area contributed by atoms with Crippen LogP contribution in [0.3, 0.4) is 0 Å². The number of hydrogen-bond donors (Lipinski definition) is 1. The Morgan fingerprint density at radius 2 is 2.05 bits per heavy atom. The smallest absolute Gasteiger partial charge is 0.0285 e. The average Bonchev–Trinajstić information content (AvgIpc) is 2.76. The van der Waals surface area contributed by atoms with Crippen LogP contribution in [0.2, 0.25) is 0 Å². The third-order valence-corrected chi connectivity index (χ3v) is 6.64. The Bertz CT molecular complexity index is 421. The fourth-order valence-electron chi connectivity index (χ4n) is 3.61. The molecular formula is C17H28BrNS. The summed E-state index contributed by atoms with van der Waals surface area (Å²) in [5.41, 5.74) is 0.457. The number of thiophene rings is 1. The van der Waals surface area contributed by atoms with E-state index >= 15 is 0 Å². The molecule has 3 atom stereocenters. The van der Waals surface area contributed by atoms with E-state index in [1.165, 1.54) is 41.6 Å². The minimum absolute atomic E-state index is 0.457. The van der Waals surface area contributed by atoms with Crippen molar-refractivity contribution in [2.45, 2.75) is 46.5 Å². The molecule has 1 aromatic rings. The minimum atomic E-state index is 0.457. The van der Waals surface area contributed by atoms with E-state index in [0.717, 1.165) is 17.8 Å². The largest absolute Gasteiger partial charge is 0.319 e. The Labute approximate surface area is 136 Å². The van der Waals surface area contributed by atoms with E-state index in [9.17, 15) is 0 Å². The van der Waals surface area contributed by atoms with Gasteiger partial charge in [0.1, 0.15) is 0 Å². The van der Waals surface area contributed by atoms with Crippen LogP contribution in [0.15, 0.2) is 15.9 Å². The van der Waals surface area contributed by atoms with Gasteiger partial charge in [-0.3, -0.25) is 0 Å². The minimum Gasteiger partial charge on any atom is -0.319 e. The molecule has 1 N–H and O–H groups in total. The summed E-state index contributed by atoms with van der Waals surface area (Å²) in [5.74, 6) is 2.56. The standard InChI is InChI=1S/C17H28BrNS/c1-17(2,3)14-6-5-12(10-19-4)13(7-14)8-16-9-15(18)11-20-16/h9,11-14,19H,5-8,10H2,1-4H3. The van der Waals surface area contributed by atoms with E-state index in [-0.39, 0.29) is 0 Å². The van der Waals surface area contributed by atoms with Crippen LogP contribution in [-0.2, 0) is 6.42 Å². The maximum absolute atomic E-state index is 3.58. The van der Waals surface area contributed by atoms with Crippen molar-refractivity contribution in [1.29, 1.82) is 0 Å². The Morgan fingerprint density at radius 1 is 1.30 bits per heavy atom. The van der Waals surface area contributed by atoms with E-state index in [1.807, 2.05) is 11.3 Å². The van der Waals surface area contributed by atoms with Gasteiger partial charge in [-0.2, -0.15) is 0 Å². The SMILES string of the molecule is CNCC1CCC(C(C)(C)C)CC1Cc1cc(Br)cs1. The molecule has 3 heteroatoms. The molecule has 0 aromatic carbocycles. The molecule has 1 nitrogen and oxygen atoms in total. The Balaban J connectivity index is 2.06. The normalized spacial score (nSPS) is 27.8. The van der Waals surface area contributed by atoms with Gasteiger partial charge >= 0.3 is 0 Å². The third-order valence-electron chi connectivity index (χ3n) is 4.92. The van der Waals surface area contributed by atoms with Crippen LogP contribution in [0.5, 0.6) is 0 Å². The van der Waals surface area contributed by atoms with Gasteiger partial charge in [0.05, 0.1) is 0 Å². The Hall–Kier alpha value is 0.140. The molecule has 1 aromatic heterocycles. The lowest BCUT2D eigenvalue weighted by molar-refractivity contribution is 0.0984. The van der Waals surface area contributed by atoms with Crippen molar-refractivity contribution in [2.75, 3.05) is 13.6 Å². The van der Waals surface area contributed by atoms with Gasteiger partial charge in [0.2, 0.25) is 0 Å². The lowest BCUT2D eigenvalue weighted by Gasteiger charge is -2.42. The summed E-state index contributed by atoms with van der Waals surface area (Å²) in [6.45, 7) is 8.41. The van der Waals surface area contributed by atoms with E-state index in [0.29, 0.717) is 5.41 Å². The lowest BCUT2D eigenvalue weighted by atomic mass is 9.64. The van der Waals surface area contributed by atoms with E-state index in [4.69, 9.17) is 0 Å². The van der Waals surface area contributed by atoms with E-state index < -0.39 is 0 Å². The summed E-state index contributed by atoms with van der Waals surface area (Å²) < 4.78 is 1.24. The predicted molar refractivity (Wildman–Crippen MR) is 93.4 cm³/mol. The highest BCUT2D eigenvalue weighted by Gasteiger charge is 2.35. The van der Waals surface area contributed by atoms with Gasteiger partial charge in [0, 0.05) is 14.7 Å². The predicted octanol–water partition coefficient (Wildman–Crippen LogP) is 5.35. The summed E-state index contributed by atoms with van der Waals surface area (Å²) in [5, 5.41) is 5.62. The zero-order valence-electron chi connectivity index (χ0n) is 13.2. The van der Waals surface area contributed by atoms with Crippen molar-refractivity contribution in [1.82, 2.24) is 5.32 Å². The molecule has 0 bridgehead atoms. The molecule has 2 rings (SSSR count). The monoisotopic (exact) mass is 357 g/mol. The number of rotatable bonds is 4. The topological polar surface area (TPSA) is 12.0 Å². The average molecular weight is 358 g/mol. The van der Waals surface area contributed by atoms with Gasteiger partial charge in [-0.15, -0.1) is 11.3 Å². The van der Waals surface area contributed by atoms with Gasteiger partial charge in [0.25, 0.3) is 0 Å². The maximum Gasteiger partial charge on any atom is 0.0285 e. The zero-order chi connectivity index (χ0) is 14.8.